The molecule has 1 aliphatic heterocycles. The summed E-state index contributed by atoms with van der Waals surface area (Å²) in [6.45, 7) is 4.61. The molecule has 1 saturated heterocycles. The van der Waals surface area contributed by atoms with Crippen LogP contribution in [0.3, 0.4) is 0 Å². The third-order valence-corrected chi connectivity index (χ3v) is 3.71. The van der Waals surface area contributed by atoms with Crippen LogP contribution in [0.1, 0.15) is 43.5 Å². The summed E-state index contributed by atoms with van der Waals surface area (Å²) in [5.41, 5.74) is 0.573. The predicted octanol–water partition coefficient (Wildman–Crippen LogP) is 2.34. The molecule has 5 heteroatoms. The topological polar surface area (TPSA) is 64.6 Å². The quantitative estimate of drug-likeness (QED) is 0.785. The number of hydrogen-bond donors (Lipinski definition) is 1. The zero-order chi connectivity index (χ0) is 15.9. The molecule has 0 radical (unpaired) electrons. The number of benzene rings is 1. The molecule has 0 bridgehead atoms. The van der Waals surface area contributed by atoms with Crippen molar-refractivity contribution < 1.29 is 19.1 Å². The molecule has 0 unspecified atom stereocenters. The first-order valence-corrected chi connectivity index (χ1v) is 7.73. The van der Waals surface area contributed by atoms with Crippen LogP contribution in [-0.2, 0) is 9.53 Å². The van der Waals surface area contributed by atoms with Gasteiger partial charge in [-0.2, -0.15) is 0 Å². The highest BCUT2D eigenvalue weighted by Gasteiger charge is 2.18. The van der Waals surface area contributed by atoms with E-state index < -0.39 is 6.10 Å². The van der Waals surface area contributed by atoms with Crippen LogP contribution in [0.25, 0.3) is 0 Å². The Morgan fingerprint density at radius 1 is 1.45 bits per heavy atom. The molecule has 0 aromatic heterocycles. The first-order valence-electron chi connectivity index (χ1n) is 7.73. The van der Waals surface area contributed by atoms with E-state index in [1.165, 1.54) is 6.92 Å². The Morgan fingerprint density at radius 2 is 2.27 bits per heavy atom. The molecule has 22 heavy (non-hydrogen) atoms. The lowest BCUT2D eigenvalue weighted by Gasteiger charge is -2.16. The Labute approximate surface area is 131 Å². The van der Waals surface area contributed by atoms with Crippen molar-refractivity contribution in [1.29, 1.82) is 0 Å². The van der Waals surface area contributed by atoms with Crippen LogP contribution in [0, 0.1) is 0 Å². The van der Waals surface area contributed by atoms with Gasteiger partial charge in [-0.15, -0.1) is 0 Å². The van der Waals surface area contributed by atoms with E-state index in [1.807, 2.05) is 0 Å². The van der Waals surface area contributed by atoms with E-state index in [1.54, 1.807) is 31.2 Å². The van der Waals surface area contributed by atoms with E-state index in [2.05, 4.69) is 5.32 Å². The molecular formula is C17H23NO4. The standard InChI is InChI=1S/C17H23NO4/c1-12(19)14-5-3-6-16(11-14)22-13(2)17(20)18-9-8-15-7-4-10-21-15/h3,5-6,11,13,15H,4,7-10H2,1-2H3,(H,18,20)/t13-,15-/m1/s1. The number of carbonyl (C=O) groups excluding carboxylic acids is 2. The minimum Gasteiger partial charge on any atom is -0.481 e. The summed E-state index contributed by atoms with van der Waals surface area (Å²) in [6.07, 6.45) is 2.67. The highest BCUT2D eigenvalue weighted by molar-refractivity contribution is 5.94. The monoisotopic (exact) mass is 305 g/mol. The van der Waals surface area contributed by atoms with E-state index in [0.717, 1.165) is 25.9 Å². The summed E-state index contributed by atoms with van der Waals surface area (Å²) in [5.74, 6) is 0.333. The molecule has 2 rings (SSSR count). The number of amides is 1. The summed E-state index contributed by atoms with van der Waals surface area (Å²) in [6, 6.07) is 6.86. The lowest BCUT2D eigenvalue weighted by atomic mass is 10.1. The largest absolute Gasteiger partial charge is 0.481 e. The molecule has 1 aromatic rings. The maximum absolute atomic E-state index is 12.0. The molecule has 1 N–H and O–H groups in total. The molecule has 5 nitrogen and oxygen atoms in total. The number of ketones is 1. The van der Waals surface area contributed by atoms with Gasteiger partial charge in [0.05, 0.1) is 6.10 Å². The molecular weight excluding hydrogens is 282 g/mol. The second-order valence-electron chi connectivity index (χ2n) is 5.56. The summed E-state index contributed by atoms with van der Waals surface area (Å²) in [5, 5.41) is 2.86. The Kier molecular flexibility index (Phi) is 5.95. The summed E-state index contributed by atoms with van der Waals surface area (Å²) in [4.78, 5) is 23.3. The Balaban J connectivity index is 1.77. The van der Waals surface area contributed by atoms with Gasteiger partial charge in [0, 0.05) is 18.7 Å². The second kappa shape index (κ2) is 7.94. The van der Waals surface area contributed by atoms with E-state index in [-0.39, 0.29) is 17.8 Å². The predicted molar refractivity (Wildman–Crippen MR) is 83.1 cm³/mol. The van der Waals surface area contributed by atoms with Gasteiger partial charge in [-0.3, -0.25) is 9.59 Å². The maximum atomic E-state index is 12.0. The smallest absolute Gasteiger partial charge is 0.260 e. The molecule has 1 aromatic carbocycles. The molecule has 1 amide bonds. The molecule has 0 saturated carbocycles. The fraction of sp³-hybridized carbons (Fsp3) is 0.529. The lowest BCUT2D eigenvalue weighted by molar-refractivity contribution is -0.127. The average molecular weight is 305 g/mol. The molecule has 1 aliphatic rings. The SMILES string of the molecule is CC(=O)c1cccc(O[C@H](C)C(=O)NCC[C@H]2CCCO2)c1. The average Bonchev–Trinajstić information content (AvgIpc) is 3.00. The van der Waals surface area contributed by atoms with Gasteiger partial charge in [0.1, 0.15) is 5.75 Å². The molecule has 2 atom stereocenters. The van der Waals surface area contributed by atoms with Crippen LogP contribution < -0.4 is 10.1 Å². The van der Waals surface area contributed by atoms with Gasteiger partial charge in [-0.1, -0.05) is 12.1 Å². The number of carbonyl (C=O) groups is 2. The summed E-state index contributed by atoms with van der Waals surface area (Å²) < 4.78 is 11.1. The number of hydrogen-bond acceptors (Lipinski definition) is 4. The van der Waals surface area contributed by atoms with Crippen LogP contribution in [0.15, 0.2) is 24.3 Å². The van der Waals surface area contributed by atoms with Crippen LogP contribution in [0.2, 0.25) is 0 Å². The van der Waals surface area contributed by atoms with Gasteiger partial charge in [0.25, 0.3) is 5.91 Å². The molecule has 0 aliphatic carbocycles. The van der Waals surface area contributed by atoms with Crippen molar-refractivity contribution in [2.24, 2.45) is 0 Å². The minimum absolute atomic E-state index is 0.0286. The Morgan fingerprint density at radius 3 is 2.95 bits per heavy atom. The molecule has 0 spiro atoms. The van der Waals surface area contributed by atoms with Crippen LogP contribution >= 0.6 is 0 Å². The summed E-state index contributed by atoms with van der Waals surface area (Å²) >= 11 is 0. The molecule has 1 heterocycles. The number of rotatable bonds is 7. The first kappa shape index (κ1) is 16.5. The van der Waals surface area contributed by atoms with Gasteiger partial charge in [0.15, 0.2) is 11.9 Å². The van der Waals surface area contributed by atoms with E-state index in [4.69, 9.17) is 9.47 Å². The fourth-order valence-electron chi connectivity index (χ4n) is 2.42. The first-order chi connectivity index (χ1) is 10.6. The highest BCUT2D eigenvalue weighted by Crippen LogP contribution is 2.16. The highest BCUT2D eigenvalue weighted by atomic mass is 16.5. The Hall–Kier alpha value is -1.88. The van der Waals surface area contributed by atoms with Crippen molar-refractivity contribution in [1.82, 2.24) is 5.32 Å². The van der Waals surface area contributed by atoms with Gasteiger partial charge >= 0.3 is 0 Å². The van der Waals surface area contributed by atoms with Crippen LogP contribution in [0.5, 0.6) is 5.75 Å². The second-order valence-corrected chi connectivity index (χ2v) is 5.56. The van der Waals surface area contributed by atoms with Gasteiger partial charge in [-0.05, 0) is 45.2 Å². The normalized spacial score (nSPS) is 18.7. The van der Waals surface area contributed by atoms with Gasteiger partial charge in [-0.25, -0.2) is 0 Å². The lowest BCUT2D eigenvalue weighted by Crippen LogP contribution is -2.37. The third-order valence-electron chi connectivity index (χ3n) is 3.71. The van der Waals surface area contributed by atoms with Crippen LogP contribution in [0.4, 0.5) is 0 Å². The van der Waals surface area contributed by atoms with Crippen molar-refractivity contribution >= 4 is 11.7 Å². The van der Waals surface area contributed by atoms with E-state index in [9.17, 15) is 9.59 Å². The molecule has 1 fully saturated rings. The van der Waals surface area contributed by atoms with Crippen molar-refractivity contribution in [3.63, 3.8) is 0 Å². The number of ether oxygens (including phenoxy) is 2. The van der Waals surface area contributed by atoms with Crippen molar-refractivity contribution in [3.8, 4) is 5.75 Å². The molecule has 120 valence electrons. The number of nitrogens with one attached hydrogen (secondary N) is 1. The van der Waals surface area contributed by atoms with Crippen LogP contribution in [-0.4, -0.2) is 37.0 Å². The number of Topliss-reactive ketones (excluding diaryl/α,β-unsaturated/α-hetero) is 1. The third kappa shape index (κ3) is 4.84. The zero-order valence-electron chi connectivity index (χ0n) is 13.1. The minimum atomic E-state index is -0.605. The Bertz CT molecular complexity index is 523. The van der Waals surface area contributed by atoms with E-state index >= 15 is 0 Å². The van der Waals surface area contributed by atoms with Crippen molar-refractivity contribution in [2.45, 2.75) is 45.3 Å². The van der Waals surface area contributed by atoms with Gasteiger partial charge < -0.3 is 14.8 Å². The van der Waals surface area contributed by atoms with Crippen molar-refractivity contribution in [2.75, 3.05) is 13.2 Å². The fourth-order valence-corrected chi connectivity index (χ4v) is 2.42. The van der Waals surface area contributed by atoms with E-state index in [0.29, 0.717) is 17.9 Å². The maximum Gasteiger partial charge on any atom is 0.260 e. The van der Waals surface area contributed by atoms with Gasteiger partial charge in [0.2, 0.25) is 0 Å². The van der Waals surface area contributed by atoms with Crippen molar-refractivity contribution in [3.05, 3.63) is 29.8 Å². The summed E-state index contributed by atoms with van der Waals surface area (Å²) in [7, 11) is 0. The zero-order valence-corrected chi connectivity index (χ0v) is 13.1.